The number of hydrogen-bond donors (Lipinski definition) is 2. The van der Waals surface area contributed by atoms with Gasteiger partial charge in [0, 0.05) is 28.8 Å². The molecule has 4 aromatic carbocycles. The molecule has 0 bridgehead atoms. The van der Waals surface area contributed by atoms with Crippen LogP contribution in [0.4, 0.5) is 0 Å². The topological polar surface area (TPSA) is 172 Å². The van der Waals surface area contributed by atoms with Crippen LogP contribution in [0, 0.1) is 10.1 Å². The van der Waals surface area contributed by atoms with Gasteiger partial charge in [-0.3, -0.25) is 9.59 Å². The van der Waals surface area contributed by atoms with Gasteiger partial charge in [0.25, 0.3) is 5.09 Å². The van der Waals surface area contributed by atoms with Gasteiger partial charge in [-0.2, -0.15) is 0 Å². The van der Waals surface area contributed by atoms with E-state index in [2.05, 4.69) is 9.82 Å². The molecule has 0 spiro atoms. The van der Waals surface area contributed by atoms with Gasteiger partial charge in [0.15, 0.2) is 23.0 Å². The number of benzene rings is 4. The molecule has 5 aromatic rings. The lowest BCUT2D eigenvalue weighted by atomic mass is 10.1. The molecular weight excluding hydrogens is 674 g/mol. The molecule has 1 aromatic heterocycles. The van der Waals surface area contributed by atoms with E-state index in [1.165, 1.54) is 24.2 Å². The second kappa shape index (κ2) is 18.1. The summed E-state index contributed by atoms with van der Waals surface area (Å²) in [6, 6.07) is 25.5. The number of nitrogens with zero attached hydrogens (tertiary/aromatic N) is 2. The monoisotopic (exact) mass is 713 g/mol. The quantitative estimate of drug-likeness (QED) is 0.0273. The van der Waals surface area contributed by atoms with Gasteiger partial charge in [0.2, 0.25) is 5.91 Å². The Morgan fingerprint density at radius 2 is 1.60 bits per heavy atom. The molecule has 5 rings (SSSR count). The van der Waals surface area contributed by atoms with E-state index in [1.54, 1.807) is 37.5 Å². The van der Waals surface area contributed by atoms with Gasteiger partial charge in [-0.1, -0.05) is 42.5 Å². The highest BCUT2D eigenvalue weighted by Gasteiger charge is 2.19. The largest absolute Gasteiger partial charge is 0.493 e. The Morgan fingerprint density at radius 3 is 2.38 bits per heavy atom. The first-order chi connectivity index (χ1) is 25.2. The number of aliphatic hydroxyl groups excluding tert-OH is 1. The highest BCUT2D eigenvalue weighted by molar-refractivity contribution is 6.10. The standard InChI is InChI=1S/C38H39N3O11/c1-47-31-12-5-6-13-32(31)49-22-20-40(24-27(42)25-50-34-14-7-11-30-38(34)28-9-3-4-10-29(28)39-30)36(43)19-17-26-16-18-33(35(23-26)48-2)52-37(44)15-8-21-51-41(45)46/h3-7,9-14,16-19,23,27,39,42H,8,15,20-22,24-25H2,1-2H3/b19-17+. The zero-order valence-corrected chi connectivity index (χ0v) is 28.7. The maximum absolute atomic E-state index is 13.6. The number of H-pyrrole nitrogens is 1. The Bertz CT molecular complexity index is 2030. The first kappa shape index (κ1) is 37.0. The summed E-state index contributed by atoms with van der Waals surface area (Å²) < 4.78 is 28.1. The fourth-order valence-electron chi connectivity index (χ4n) is 5.45. The minimum Gasteiger partial charge on any atom is -0.493 e. The summed E-state index contributed by atoms with van der Waals surface area (Å²) in [6.07, 6.45) is 1.90. The minimum atomic E-state index is -1.04. The molecule has 0 saturated carbocycles. The van der Waals surface area contributed by atoms with Crippen molar-refractivity contribution in [2.75, 3.05) is 47.1 Å². The van der Waals surface area contributed by atoms with Crippen LogP contribution in [0.5, 0.6) is 28.7 Å². The second-order valence-electron chi connectivity index (χ2n) is 11.5. The van der Waals surface area contributed by atoms with Crippen LogP contribution in [-0.2, 0) is 14.4 Å². The fraction of sp³-hybridized carbons (Fsp3) is 0.263. The number of esters is 1. The Hall–Kier alpha value is -6.28. The number of nitrogens with one attached hydrogen (secondary N) is 1. The van der Waals surface area contributed by atoms with Gasteiger partial charge < -0.3 is 43.5 Å². The molecular formula is C38H39N3O11. The number of rotatable bonds is 19. The van der Waals surface area contributed by atoms with Crippen molar-refractivity contribution in [3.63, 3.8) is 0 Å². The number of carbonyl (C=O) groups excluding carboxylic acids is 2. The molecule has 1 heterocycles. The minimum absolute atomic E-state index is 0.0484. The Kier molecular flexibility index (Phi) is 12.9. The van der Waals surface area contributed by atoms with Crippen molar-refractivity contribution in [1.82, 2.24) is 9.88 Å². The van der Waals surface area contributed by atoms with Gasteiger partial charge in [-0.25, -0.2) is 0 Å². The van der Waals surface area contributed by atoms with E-state index in [-0.39, 0.29) is 57.3 Å². The summed E-state index contributed by atoms with van der Waals surface area (Å²) in [5, 5.41) is 22.4. The molecule has 1 amide bonds. The molecule has 52 heavy (non-hydrogen) atoms. The molecule has 272 valence electrons. The maximum Gasteiger partial charge on any atom is 0.311 e. The number of amides is 1. The number of hydrogen-bond acceptors (Lipinski definition) is 11. The summed E-state index contributed by atoms with van der Waals surface area (Å²) in [4.78, 5) is 45.1. The van der Waals surface area contributed by atoms with Gasteiger partial charge in [-0.05, 0) is 60.5 Å². The van der Waals surface area contributed by atoms with Crippen molar-refractivity contribution in [3.8, 4) is 28.7 Å². The summed E-state index contributed by atoms with van der Waals surface area (Å²) in [7, 11) is 2.95. The average molecular weight is 714 g/mol. The van der Waals surface area contributed by atoms with Gasteiger partial charge in [-0.15, -0.1) is 10.1 Å². The van der Waals surface area contributed by atoms with Crippen molar-refractivity contribution in [1.29, 1.82) is 0 Å². The third kappa shape index (κ3) is 9.91. The number of aromatic amines is 1. The lowest BCUT2D eigenvalue weighted by Gasteiger charge is -2.25. The first-order valence-electron chi connectivity index (χ1n) is 16.4. The Balaban J connectivity index is 1.25. The zero-order chi connectivity index (χ0) is 36.9. The van der Waals surface area contributed by atoms with Crippen LogP contribution in [0.25, 0.3) is 27.9 Å². The SMILES string of the molecule is COc1ccccc1OCCN(CC(O)COc1cccc2[nH]c3ccccc3c12)C(=O)/C=C/c1ccc(OC(=O)CCCO[N+](=O)[O-])c(OC)c1. The predicted octanol–water partition coefficient (Wildman–Crippen LogP) is 5.59. The molecule has 1 unspecified atom stereocenters. The third-order valence-corrected chi connectivity index (χ3v) is 7.91. The van der Waals surface area contributed by atoms with Crippen LogP contribution < -0.4 is 23.7 Å². The van der Waals surface area contributed by atoms with E-state index < -0.39 is 23.1 Å². The maximum atomic E-state index is 13.6. The van der Waals surface area contributed by atoms with E-state index >= 15 is 0 Å². The summed E-state index contributed by atoms with van der Waals surface area (Å²) in [6.45, 7) is -0.0888. The molecule has 14 nitrogen and oxygen atoms in total. The van der Waals surface area contributed by atoms with E-state index in [0.29, 0.717) is 22.8 Å². The number of carbonyl (C=O) groups is 2. The molecule has 0 aliphatic carbocycles. The molecule has 0 aliphatic rings. The number of aliphatic hydroxyl groups is 1. The molecule has 14 heteroatoms. The van der Waals surface area contributed by atoms with E-state index in [4.69, 9.17) is 23.7 Å². The van der Waals surface area contributed by atoms with Crippen LogP contribution in [-0.4, -0.2) is 85.2 Å². The third-order valence-electron chi connectivity index (χ3n) is 7.91. The second-order valence-corrected chi connectivity index (χ2v) is 11.5. The van der Waals surface area contributed by atoms with E-state index in [0.717, 1.165) is 21.8 Å². The van der Waals surface area contributed by atoms with E-state index in [1.807, 2.05) is 54.6 Å². The Labute approximate surface area is 299 Å². The van der Waals surface area contributed by atoms with Crippen LogP contribution in [0.15, 0.2) is 91.0 Å². The molecule has 0 radical (unpaired) electrons. The lowest BCUT2D eigenvalue weighted by molar-refractivity contribution is -0.757. The number of aromatic nitrogens is 1. The number of para-hydroxylation sites is 3. The van der Waals surface area contributed by atoms with Crippen LogP contribution >= 0.6 is 0 Å². The van der Waals surface area contributed by atoms with Crippen LogP contribution in [0.2, 0.25) is 0 Å². The van der Waals surface area contributed by atoms with Crippen molar-refractivity contribution in [2.45, 2.75) is 18.9 Å². The Morgan fingerprint density at radius 1 is 0.865 bits per heavy atom. The lowest BCUT2D eigenvalue weighted by Crippen LogP contribution is -2.41. The van der Waals surface area contributed by atoms with Gasteiger partial charge in [0.1, 0.15) is 25.1 Å². The number of fused-ring (bicyclic) bond motifs is 3. The summed E-state index contributed by atoms with van der Waals surface area (Å²) in [5.74, 6) is 1.05. The van der Waals surface area contributed by atoms with Crippen molar-refractivity contribution in [3.05, 3.63) is 107 Å². The molecule has 2 N–H and O–H groups in total. The van der Waals surface area contributed by atoms with Gasteiger partial charge >= 0.3 is 5.97 Å². The van der Waals surface area contributed by atoms with Crippen molar-refractivity contribution in [2.24, 2.45) is 0 Å². The van der Waals surface area contributed by atoms with Crippen LogP contribution in [0.1, 0.15) is 18.4 Å². The smallest absolute Gasteiger partial charge is 0.311 e. The molecule has 0 fully saturated rings. The zero-order valence-electron chi connectivity index (χ0n) is 28.7. The molecule has 1 atom stereocenters. The highest BCUT2D eigenvalue weighted by atomic mass is 16.9. The predicted molar refractivity (Wildman–Crippen MR) is 192 cm³/mol. The number of ether oxygens (including phenoxy) is 5. The summed E-state index contributed by atoms with van der Waals surface area (Å²) in [5.41, 5.74) is 2.45. The fourth-order valence-corrected chi connectivity index (χ4v) is 5.45. The highest BCUT2D eigenvalue weighted by Crippen LogP contribution is 2.33. The number of methoxy groups -OCH3 is 2. The normalized spacial score (nSPS) is 11.7. The van der Waals surface area contributed by atoms with Gasteiger partial charge in [0.05, 0.1) is 39.4 Å². The molecule has 0 saturated heterocycles. The van der Waals surface area contributed by atoms with Crippen molar-refractivity contribution < 1.29 is 48.3 Å². The van der Waals surface area contributed by atoms with E-state index in [9.17, 15) is 24.8 Å². The van der Waals surface area contributed by atoms with Crippen molar-refractivity contribution >= 4 is 39.8 Å². The van der Waals surface area contributed by atoms with Crippen LogP contribution in [0.3, 0.4) is 0 Å². The summed E-state index contributed by atoms with van der Waals surface area (Å²) >= 11 is 0. The average Bonchev–Trinajstić information content (AvgIpc) is 3.54. The molecule has 0 aliphatic heterocycles. The first-order valence-corrected chi connectivity index (χ1v) is 16.4.